The zero-order chi connectivity index (χ0) is 14.4. The van der Waals surface area contributed by atoms with Gasteiger partial charge in [0, 0.05) is 17.1 Å². The molecule has 1 rings (SSSR count). The van der Waals surface area contributed by atoms with Crippen LogP contribution in [0.2, 0.25) is 5.02 Å². The molecular weight excluding hydrogens is 266 g/mol. The van der Waals surface area contributed by atoms with E-state index in [-0.39, 0.29) is 18.5 Å². The molecule has 0 spiro atoms. The fourth-order valence-corrected chi connectivity index (χ4v) is 1.73. The first kappa shape index (κ1) is 15.2. The number of amides is 1. The van der Waals surface area contributed by atoms with Crippen LogP contribution in [0.5, 0.6) is 0 Å². The third-order valence-electron chi connectivity index (χ3n) is 2.52. The van der Waals surface area contributed by atoms with E-state index in [1.165, 1.54) is 11.0 Å². The molecular formula is C14H16ClNO3. The molecule has 0 unspecified atom stereocenters. The van der Waals surface area contributed by atoms with Crippen LogP contribution >= 0.6 is 11.6 Å². The molecule has 102 valence electrons. The SMILES string of the molecule is CC(C)N(CC(=O)O)C(=O)/C=C/c1ccccc1Cl. The molecule has 4 nitrogen and oxygen atoms in total. The number of benzene rings is 1. The highest BCUT2D eigenvalue weighted by Crippen LogP contribution is 2.16. The Morgan fingerprint density at radius 1 is 1.37 bits per heavy atom. The van der Waals surface area contributed by atoms with Crippen LogP contribution in [-0.2, 0) is 9.59 Å². The first-order valence-electron chi connectivity index (χ1n) is 5.87. The standard InChI is InChI=1S/C14H16ClNO3/c1-10(2)16(9-14(18)19)13(17)8-7-11-5-3-4-6-12(11)15/h3-8,10H,9H2,1-2H3,(H,18,19)/b8-7+. The molecule has 0 saturated heterocycles. The fraction of sp³-hybridized carbons (Fsp3) is 0.286. The van der Waals surface area contributed by atoms with Crippen molar-refractivity contribution in [3.63, 3.8) is 0 Å². The van der Waals surface area contributed by atoms with Gasteiger partial charge in [-0.1, -0.05) is 29.8 Å². The Bertz CT molecular complexity index is 497. The number of rotatable bonds is 5. The lowest BCUT2D eigenvalue weighted by atomic mass is 10.2. The summed E-state index contributed by atoms with van der Waals surface area (Å²) in [5, 5.41) is 9.31. The van der Waals surface area contributed by atoms with Crippen molar-refractivity contribution >= 4 is 29.6 Å². The maximum absolute atomic E-state index is 11.9. The van der Waals surface area contributed by atoms with Gasteiger partial charge in [-0.2, -0.15) is 0 Å². The van der Waals surface area contributed by atoms with Gasteiger partial charge in [-0.15, -0.1) is 0 Å². The lowest BCUT2D eigenvalue weighted by molar-refractivity contribution is -0.143. The van der Waals surface area contributed by atoms with Crippen LogP contribution in [0.15, 0.2) is 30.3 Å². The van der Waals surface area contributed by atoms with E-state index >= 15 is 0 Å². The number of carbonyl (C=O) groups is 2. The molecule has 0 bridgehead atoms. The van der Waals surface area contributed by atoms with Crippen molar-refractivity contribution in [3.05, 3.63) is 40.9 Å². The van der Waals surface area contributed by atoms with Gasteiger partial charge < -0.3 is 10.0 Å². The van der Waals surface area contributed by atoms with Crippen LogP contribution in [0.4, 0.5) is 0 Å². The largest absolute Gasteiger partial charge is 0.480 e. The van der Waals surface area contributed by atoms with Crippen molar-refractivity contribution in [2.75, 3.05) is 6.54 Å². The molecule has 1 amide bonds. The summed E-state index contributed by atoms with van der Waals surface area (Å²) >= 11 is 5.96. The molecule has 0 aliphatic carbocycles. The molecule has 1 N–H and O–H groups in total. The normalized spacial score (nSPS) is 10.9. The van der Waals surface area contributed by atoms with Gasteiger partial charge in [-0.3, -0.25) is 9.59 Å². The number of carboxylic acid groups (broad SMARTS) is 1. The Kier molecular flexibility index (Phi) is 5.57. The van der Waals surface area contributed by atoms with Crippen LogP contribution in [-0.4, -0.2) is 34.5 Å². The molecule has 0 heterocycles. The summed E-state index contributed by atoms with van der Waals surface area (Å²) < 4.78 is 0. The fourth-order valence-electron chi connectivity index (χ4n) is 1.53. The molecule has 0 aliphatic heterocycles. The minimum atomic E-state index is -1.03. The second kappa shape index (κ2) is 6.95. The van der Waals surface area contributed by atoms with Crippen LogP contribution in [0.25, 0.3) is 6.08 Å². The van der Waals surface area contributed by atoms with Crippen LogP contribution in [0.3, 0.4) is 0 Å². The van der Waals surface area contributed by atoms with Gasteiger partial charge in [0.05, 0.1) is 0 Å². The van der Waals surface area contributed by atoms with Crippen LogP contribution < -0.4 is 0 Å². The van der Waals surface area contributed by atoms with E-state index in [9.17, 15) is 9.59 Å². The highest BCUT2D eigenvalue weighted by atomic mass is 35.5. The molecule has 0 aromatic heterocycles. The molecule has 0 aliphatic rings. The third-order valence-corrected chi connectivity index (χ3v) is 2.87. The maximum Gasteiger partial charge on any atom is 0.323 e. The van der Waals surface area contributed by atoms with E-state index < -0.39 is 5.97 Å². The van der Waals surface area contributed by atoms with E-state index in [0.29, 0.717) is 5.02 Å². The molecule has 1 aromatic carbocycles. The van der Waals surface area contributed by atoms with Gasteiger partial charge in [-0.05, 0) is 31.6 Å². The van der Waals surface area contributed by atoms with E-state index in [4.69, 9.17) is 16.7 Å². The van der Waals surface area contributed by atoms with Crippen LogP contribution in [0.1, 0.15) is 19.4 Å². The molecule has 0 radical (unpaired) electrons. The van der Waals surface area contributed by atoms with Gasteiger partial charge >= 0.3 is 5.97 Å². The van der Waals surface area contributed by atoms with Gasteiger partial charge in [0.15, 0.2) is 0 Å². The molecule has 5 heteroatoms. The number of halogens is 1. The summed E-state index contributed by atoms with van der Waals surface area (Å²) in [6, 6.07) is 6.94. The maximum atomic E-state index is 11.9. The summed E-state index contributed by atoms with van der Waals surface area (Å²) in [7, 11) is 0. The van der Waals surface area contributed by atoms with Crippen molar-refractivity contribution in [2.24, 2.45) is 0 Å². The van der Waals surface area contributed by atoms with E-state index in [2.05, 4.69) is 0 Å². The Labute approximate surface area is 117 Å². The number of carboxylic acids is 1. The van der Waals surface area contributed by atoms with E-state index in [0.717, 1.165) is 5.56 Å². The van der Waals surface area contributed by atoms with Gasteiger partial charge in [0.1, 0.15) is 6.54 Å². The van der Waals surface area contributed by atoms with Crippen molar-refractivity contribution < 1.29 is 14.7 Å². The first-order valence-corrected chi connectivity index (χ1v) is 6.24. The molecule has 0 fully saturated rings. The number of hydrogen-bond donors (Lipinski definition) is 1. The van der Waals surface area contributed by atoms with E-state index in [1.54, 1.807) is 38.1 Å². The number of carbonyl (C=O) groups excluding carboxylic acids is 1. The first-order chi connectivity index (χ1) is 8.91. The predicted molar refractivity (Wildman–Crippen MR) is 75.0 cm³/mol. The van der Waals surface area contributed by atoms with Crippen molar-refractivity contribution in [3.8, 4) is 0 Å². The average Bonchev–Trinajstić information content (AvgIpc) is 2.34. The summed E-state index contributed by atoms with van der Waals surface area (Å²) in [4.78, 5) is 23.9. The quantitative estimate of drug-likeness (QED) is 0.844. The average molecular weight is 282 g/mol. The number of hydrogen-bond acceptors (Lipinski definition) is 2. The molecule has 0 atom stereocenters. The zero-order valence-electron chi connectivity index (χ0n) is 10.8. The highest BCUT2D eigenvalue weighted by molar-refractivity contribution is 6.32. The van der Waals surface area contributed by atoms with Gasteiger partial charge in [0.2, 0.25) is 5.91 Å². The zero-order valence-corrected chi connectivity index (χ0v) is 11.6. The third kappa shape index (κ3) is 4.75. The molecule has 1 aromatic rings. The second-order valence-corrected chi connectivity index (χ2v) is 4.72. The lowest BCUT2D eigenvalue weighted by Gasteiger charge is -2.23. The molecule has 0 saturated carbocycles. The summed E-state index contributed by atoms with van der Waals surface area (Å²) in [6.07, 6.45) is 2.92. The smallest absolute Gasteiger partial charge is 0.323 e. The minimum absolute atomic E-state index is 0.181. The summed E-state index contributed by atoms with van der Waals surface area (Å²) in [5.41, 5.74) is 0.719. The highest BCUT2D eigenvalue weighted by Gasteiger charge is 2.17. The topological polar surface area (TPSA) is 57.6 Å². The Balaban J connectivity index is 2.82. The monoisotopic (exact) mass is 281 g/mol. The molecule has 19 heavy (non-hydrogen) atoms. The van der Waals surface area contributed by atoms with Crippen LogP contribution in [0, 0.1) is 0 Å². The van der Waals surface area contributed by atoms with Crippen molar-refractivity contribution in [1.82, 2.24) is 4.90 Å². The van der Waals surface area contributed by atoms with E-state index in [1.807, 2.05) is 6.07 Å². The Morgan fingerprint density at radius 2 is 2.00 bits per heavy atom. The Hall–Kier alpha value is -1.81. The van der Waals surface area contributed by atoms with Crippen molar-refractivity contribution in [1.29, 1.82) is 0 Å². The lowest BCUT2D eigenvalue weighted by Crippen LogP contribution is -2.39. The minimum Gasteiger partial charge on any atom is -0.480 e. The summed E-state index contributed by atoms with van der Waals surface area (Å²) in [5.74, 6) is -1.38. The van der Waals surface area contributed by atoms with Crippen molar-refractivity contribution in [2.45, 2.75) is 19.9 Å². The predicted octanol–water partition coefficient (Wildman–Crippen LogP) is 2.67. The van der Waals surface area contributed by atoms with Gasteiger partial charge in [-0.25, -0.2) is 0 Å². The van der Waals surface area contributed by atoms with Gasteiger partial charge in [0.25, 0.3) is 0 Å². The second-order valence-electron chi connectivity index (χ2n) is 4.31. The number of aliphatic carboxylic acids is 1. The Morgan fingerprint density at radius 3 is 2.53 bits per heavy atom. The summed E-state index contributed by atoms with van der Waals surface area (Å²) in [6.45, 7) is 3.22. The number of nitrogens with zero attached hydrogens (tertiary/aromatic N) is 1.